The molecule has 1 fully saturated rings. The molecule has 1 saturated heterocycles. The Labute approximate surface area is 94.2 Å². The standard InChI is InChI=1S/C12H26N2O/c1-4-6-13-12-10-15-9-11(12)8-14(3)7-5-2/h11-13H,4-10H2,1-3H3. The Kier molecular flexibility index (Phi) is 6.22. The van der Waals surface area contributed by atoms with Gasteiger partial charge in [0.25, 0.3) is 0 Å². The minimum absolute atomic E-state index is 0.573. The minimum Gasteiger partial charge on any atom is -0.379 e. The second-order valence-electron chi connectivity index (χ2n) is 4.62. The Balaban J connectivity index is 2.26. The summed E-state index contributed by atoms with van der Waals surface area (Å²) in [5.74, 6) is 0.674. The molecular weight excluding hydrogens is 188 g/mol. The SMILES string of the molecule is CCCNC1COCC1CN(C)CCC. The maximum Gasteiger partial charge on any atom is 0.0623 e. The first-order valence-corrected chi connectivity index (χ1v) is 6.27. The van der Waals surface area contributed by atoms with E-state index in [0.29, 0.717) is 12.0 Å². The molecule has 0 spiro atoms. The molecule has 0 amide bonds. The van der Waals surface area contributed by atoms with Gasteiger partial charge in [0.1, 0.15) is 0 Å². The van der Waals surface area contributed by atoms with Crippen LogP contribution in [0.4, 0.5) is 0 Å². The van der Waals surface area contributed by atoms with Crippen molar-refractivity contribution in [3.05, 3.63) is 0 Å². The molecule has 0 aromatic rings. The molecule has 0 aromatic heterocycles. The number of hydrogen-bond donors (Lipinski definition) is 1. The highest BCUT2D eigenvalue weighted by Crippen LogP contribution is 2.14. The van der Waals surface area contributed by atoms with Crippen LogP contribution in [0.15, 0.2) is 0 Å². The van der Waals surface area contributed by atoms with Crippen molar-refractivity contribution in [2.75, 3.05) is 39.9 Å². The molecule has 0 bridgehead atoms. The van der Waals surface area contributed by atoms with Crippen molar-refractivity contribution in [1.29, 1.82) is 0 Å². The molecule has 1 rings (SSSR count). The minimum atomic E-state index is 0.573. The van der Waals surface area contributed by atoms with E-state index in [1.165, 1.54) is 19.4 Å². The number of nitrogens with one attached hydrogen (secondary N) is 1. The van der Waals surface area contributed by atoms with E-state index in [0.717, 1.165) is 26.3 Å². The van der Waals surface area contributed by atoms with E-state index in [1.54, 1.807) is 0 Å². The average molecular weight is 214 g/mol. The molecule has 3 heteroatoms. The average Bonchev–Trinajstić information content (AvgIpc) is 2.63. The third-order valence-corrected chi connectivity index (χ3v) is 3.01. The molecule has 0 aliphatic carbocycles. The lowest BCUT2D eigenvalue weighted by molar-refractivity contribution is 0.173. The van der Waals surface area contributed by atoms with Gasteiger partial charge in [0.05, 0.1) is 13.2 Å². The molecule has 1 N–H and O–H groups in total. The van der Waals surface area contributed by atoms with Crippen molar-refractivity contribution in [2.45, 2.75) is 32.7 Å². The van der Waals surface area contributed by atoms with Crippen LogP contribution in [0.1, 0.15) is 26.7 Å². The summed E-state index contributed by atoms with van der Waals surface area (Å²) >= 11 is 0. The maximum absolute atomic E-state index is 5.56. The molecule has 0 radical (unpaired) electrons. The first-order valence-electron chi connectivity index (χ1n) is 6.27. The van der Waals surface area contributed by atoms with Gasteiger partial charge >= 0.3 is 0 Å². The van der Waals surface area contributed by atoms with Gasteiger partial charge < -0.3 is 15.0 Å². The molecular formula is C12H26N2O. The van der Waals surface area contributed by atoms with Crippen molar-refractivity contribution in [3.8, 4) is 0 Å². The van der Waals surface area contributed by atoms with Crippen molar-refractivity contribution < 1.29 is 4.74 Å². The topological polar surface area (TPSA) is 24.5 Å². The van der Waals surface area contributed by atoms with Crippen LogP contribution in [0.2, 0.25) is 0 Å². The summed E-state index contributed by atoms with van der Waals surface area (Å²) in [6.07, 6.45) is 2.44. The van der Waals surface area contributed by atoms with E-state index in [4.69, 9.17) is 4.74 Å². The normalized spacial score (nSPS) is 26.4. The van der Waals surface area contributed by atoms with Crippen LogP contribution in [0, 0.1) is 5.92 Å². The number of rotatable bonds is 7. The Morgan fingerprint density at radius 3 is 2.73 bits per heavy atom. The summed E-state index contributed by atoms with van der Waals surface area (Å²) in [6, 6.07) is 0.573. The first kappa shape index (κ1) is 12.9. The molecule has 15 heavy (non-hydrogen) atoms. The molecule has 1 aliphatic heterocycles. The number of nitrogens with zero attached hydrogens (tertiary/aromatic N) is 1. The predicted molar refractivity (Wildman–Crippen MR) is 64.2 cm³/mol. The summed E-state index contributed by atoms with van der Waals surface area (Å²) in [7, 11) is 2.21. The highest BCUT2D eigenvalue weighted by molar-refractivity contribution is 4.82. The summed E-state index contributed by atoms with van der Waals surface area (Å²) < 4.78 is 5.56. The van der Waals surface area contributed by atoms with Crippen molar-refractivity contribution >= 4 is 0 Å². The lowest BCUT2D eigenvalue weighted by Gasteiger charge is -2.24. The van der Waals surface area contributed by atoms with Gasteiger partial charge in [0.15, 0.2) is 0 Å². The highest BCUT2D eigenvalue weighted by atomic mass is 16.5. The van der Waals surface area contributed by atoms with Gasteiger partial charge in [-0.1, -0.05) is 13.8 Å². The lowest BCUT2D eigenvalue weighted by Crippen LogP contribution is -2.41. The largest absolute Gasteiger partial charge is 0.379 e. The third kappa shape index (κ3) is 4.49. The van der Waals surface area contributed by atoms with Crippen LogP contribution in [0.3, 0.4) is 0 Å². The fraction of sp³-hybridized carbons (Fsp3) is 1.00. The van der Waals surface area contributed by atoms with E-state index < -0.39 is 0 Å². The Morgan fingerprint density at radius 1 is 1.27 bits per heavy atom. The molecule has 90 valence electrons. The molecule has 1 heterocycles. The van der Waals surface area contributed by atoms with Crippen LogP contribution in [0.5, 0.6) is 0 Å². The molecule has 0 aromatic carbocycles. The Bertz CT molecular complexity index is 164. The van der Waals surface area contributed by atoms with E-state index in [9.17, 15) is 0 Å². The fourth-order valence-corrected chi connectivity index (χ4v) is 2.21. The zero-order valence-electron chi connectivity index (χ0n) is 10.5. The zero-order chi connectivity index (χ0) is 11.1. The quantitative estimate of drug-likeness (QED) is 0.692. The number of ether oxygens (including phenoxy) is 1. The van der Waals surface area contributed by atoms with Crippen LogP contribution in [0.25, 0.3) is 0 Å². The zero-order valence-corrected chi connectivity index (χ0v) is 10.5. The van der Waals surface area contributed by atoms with Gasteiger partial charge in [-0.05, 0) is 33.0 Å². The van der Waals surface area contributed by atoms with Gasteiger partial charge in [-0.2, -0.15) is 0 Å². The lowest BCUT2D eigenvalue weighted by atomic mass is 10.0. The van der Waals surface area contributed by atoms with Gasteiger partial charge in [0, 0.05) is 18.5 Å². The van der Waals surface area contributed by atoms with Crippen molar-refractivity contribution in [1.82, 2.24) is 10.2 Å². The molecule has 2 unspecified atom stereocenters. The summed E-state index contributed by atoms with van der Waals surface area (Å²) in [4.78, 5) is 2.42. The summed E-state index contributed by atoms with van der Waals surface area (Å²) in [5.41, 5.74) is 0. The van der Waals surface area contributed by atoms with Crippen LogP contribution in [-0.4, -0.2) is 50.8 Å². The number of hydrogen-bond acceptors (Lipinski definition) is 3. The van der Waals surface area contributed by atoms with E-state index in [-0.39, 0.29) is 0 Å². The van der Waals surface area contributed by atoms with Gasteiger partial charge in [0.2, 0.25) is 0 Å². The van der Waals surface area contributed by atoms with Gasteiger partial charge in [-0.15, -0.1) is 0 Å². The van der Waals surface area contributed by atoms with E-state index >= 15 is 0 Å². The monoisotopic (exact) mass is 214 g/mol. The van der Waals surface area contributed by atoms with Crippen LogP contribution in [-0.2, 0) is 4.74 Å². The second-order valence-corrected chi connectivity index (χ2v) is 4.62. The third-order valence-electron chi connectivity index (χ3n) is 3.01. The maximum atomic E-state index is 5.56. The Hall–Kier alpha value is -0.120. The van der Waals surface area contributed by atoms with E-state index in [2.05, 4.69) is 31.1 Å². The molecule has 1 aliphatic rings. The second kappa shape index (κ2) is 7.20. The van der Waals surface area contributed by atoms with Gasteiger partial charge in [-0.25, -0.2) is 0 Å². The molecule has 2 atom stereocenters. The van der Waals surface area contributed by atoms with Crippen LogP contribution < -0.4 is 5.32 Å². The van der Waals surface area contributed by atoms with Crippen molar-refractivity contribution in [2.24, 2.45) is 5.92 Å². The smallest absolute Gasteiger partial charge is 0.0623 e. The van der Waals surface area contributed by atoms with Crippen molar-refractivity contribution in [3.63, 3.8) is 0 Å². The van der Waals surface area contributed by atoms with Crippen LogP contribution >= 0.6 is 0 Å². The Morgan fingerprint density at radius 2 is 2.07 bits per heavy atom. The summed E-state index contributed by atoms with van der Waals surface area (Å²) in [5, 5.41) is 3.58. The fourth-order valence-electron chi connectivity index (χ4n) is 2.21. The van der Waals surface area contributed by atoms with Gasteiger partial charge in [-0.3, -0.25) is 0 Å². The summed E-state index contributed by atoms with van der Waals surface area (Å²) in [6.45, 7) is 9.73. The molecule has 0 saturated carbocycles. The first-order chi connectivity index (χ1) is 7.27. The molecule has 3 nitrogen and oxygen atoms in total. The van der Waals surface area contributed by atoms with E-state index in [1.807, 2.05) is 0 Å². The predicted octanol–water partition coefficient (Wildman–Crippen LogP) is 1.34. The highest BCUT2D eigenvalue weighted by Gasteiger charge is 2.28.